The maximum atomic E-state index is 12.2. The Bertz CT molecular complexity index is 488. The van der Waals surface area contributed by atoms with E-state index in [-0.39, 0.29) is 5.97 Å². The molecule has 0 aromatic heterocycles. The molecule has 3 rings (SSSR count). The number of aliphatic hydroxyl groups excluding tert-OH is 1. The van der Waals surface area contributed by atoms with Crippen LogP contribution >= 0.6 is 0 Å². The molecule has 2 fully saturated rings. The molecule has 1 N–H and O–H groups in total. The van der Waals surface area contributed by atoms with Crippen LogP contribution in [-0.2, 0) is 19.0 Å². The van der Waals surface area contributed by atoms with Crippen molar-refractivity contribution in [3.8, 4) is 0 Å². The third-order valence-electron chi connectivity index (χ3n) is 4.10. The highest BCUT2D eigenvalue weighted by atomic mass is 16.6. The second-order valence-electron chi connectivity index (χ2n) is 5.29. The van der Waals surface area contributed by atoms with E-state index in [0.29, 0.717) is 0 Å². The molecule has 108 valence electrons. The Hall–Kier alpha value is -1.43. The van der Waals surface area contributed by atoms with Crippen LogP contribution in [0, 0.1) is 0 Å². The number of benzene rings is 1. The van der Waals surface area contributed by atoms with Crippen molar-refractivity contribution in [2.45, 2.75) is 43.4 Å². The third-order valence-corrected chi connectivity index (χ3v) is 4.10. The number of hydrogen-bond donors (Lipinski definition) is 1. The van der Waals surface area contributed by atoms with Crippen molar-refractivity contribution < 1.29 is 24.1 Å². The van der Waals surface area contributed by atoms with Crippen molar-refractivity contribution in [2.75, 3.05) is 7.11 Å². The molecule has 0 aliphatic carbocycles. The Labute approximate surface area is 117 Å². The highest BCUT2D eigenvalue weighted by molar-refractivity contribution is 5.81. The SMILES string of the molecule is CO[C@@H]1[C@H](O)[C@@H](C)O[C@H]2[C@H]1OC(=O)[C@H]2c1ccccc1. The van der Waals surface area contributed by atoms with Gasteiger partial charge in [-0.15, -0.1) is 0 Å². The third kappa shape index (κ3) is 2.02. The zero-order valence-corrected chi connectivity index (χ0v) is 11.4. The fourth-order valence-corrected chi connectivity index (χ4v) is 3.06. The van der Waals surface area contributed by atoms with Gasteiger partial charge in [0, 0.05) is 7.11 Å². The van der Waals surface area contributed by atoms with Crippen LogP contribution in [-0.4, -0.2) is 48.7 Å². The smallest absolute Gasteiger partial charge is 0.316 e. The van der Waals surface area contributed by atoms with E-state index in [0.717, 1.165) is 5.56 Å². The Morgan fingerprint density at radius 1 is 1.20 bits per heavy atom. The van der Waals surface area contributed by atoms with E-state index in [2.05, 4.69) is 0 Å². The molecule has 0 saturated carbocycles. The van der Waals surface area contributed by atoms with Crippen molar-refractivity contribution >= 4 is 5.97 Å². The number of hydrogen-bond acceptors (Lipinski definition) is 5. The van der Waals surface area contributed by atoms with E-state index >= 15 is 0 Å². The molecule has 5 nitrogen and oxygen atoms in total. The van der Waals surface area contributed by atoms with Gasteiger partial charge in [0.15, 0.2) is 6.10 Å². The number of ether oxygens (including phenoxy) is 3. The van der Waals surface area contributed by atoms with Crippen LogP contribution in [0.5, 0.6) is 0 Å². The second kappa shape index (κ2) is 5.16. The predicted octanol–water partition coefficient (Wildman–Crippen LogP) is 0.859. The topological polar surface area (TPSA) is 65.0 Å². The zero-order chi connectivity index (χ0) is 14.3. The summed E-state index contributed by atoms with van der Waals surface area (Å²) >= 11 is 0. The molecule has 1 aromatic carbocycles. The first kappa shape index (κ1) is 13.5. The van der Waals surface area contributed by atoms with E-state index in [4.69, 9.17) is 14.2 Å². The van der Waals surface area contributed by atoms with Crippen molar-refractivity contribution in [1.29, 1.82) is 0 Å². The Balaban J connectivity index is 1.93. The van der Waals surface area contributed by atoms with Crippen LogP contribution in [0.1, 0.15) is 18.4 Å². The molecular weight excluding hydrogens is 260 g/mol. The summed E-state index contributed by atoms with van der Waals surface area (Å²) in [4.78, 5) is 12.2. The standard InChI is InChI=1S/C15H18O5/c1-8-11(16)13(18-2)14-12(19-8)10(15(17)20-14)9-6-4-3-5-7-9/h3-8,10-14,16H,1-2H3/t8-,10+,11-,12-,13-,14-/m1/s1. The molecule has 2 heterocycles. The molecule has 6 atom stereocenters. The number of rotatable bonds is 2. The number of fused-ring (bicyclic) bond motifs is 1. The van der Waals surface area contributed by atoms with Gasteiger partial charge in [0.2, 0.25) is 0 Å². The van der Waals surface area contributed by atoms with Gasteiger partial charge in [-0.3, -0.25) is 4.79 Å². The van der Waals surface area contributed by atoms with Crippen LogP contribution in [0.15, 0.2) is 30.3 Å². The average molecular weight is 278 g/mol. The van der Waals surface area contributed by atoms with Crippen LogP contribution in [0.4, 0.5) is 0 Å². The molecule has 0 bridgehead atoms. The monoisotopic (exact) mass is 278 g/mol. The minimum absolute atomic E-state index is 0.324. The van der Waals surface area contributed by atoms with Gasteiger partial charge in [-0.1, -0.05) is 30.3 Å². The zero-order valence-electron chi connectivity index (χ0n) is 11.4. The molecule has 5 heteroatoms. The van der Waals surface area contributed by atoms with E-state index in [1.807, 2.05) is 30.3 Å². The van der Waals surface area contributed by atoms with Crippen molar-refractivity contribution in [3.05, 3.63) is 35.9 Å². The van der Waals surface area contributed by atoms with Crippen LogP contribution in [0.3, 0.4) is 0 Å². The molecule has 2 aliphatic rings. The summed E-state index contributed by atoms with van der Waals surface area (Å²) in [5, 5.41) is 10.1. The first-order valence-corrected chi connectivity index (χ1v) is 6.75. The molecule has 2 aliphatic heterocycles. The van der Waals surface area contributed by atoms with E-state index in [1.54, 1.807) is 6.92 Å². The molecule has 1 aromatic rings. The second-order valence-corrected chi connectivity index (χ2v) is 5.29. The summed E-state index contributed by atoms with van der Waals surface area (Å²) < 4.78 is 16.5. The lowest BCUT2D eigenvalue weighted by Crippen LogP contribution is -2.56. The van der Waals surface area contributed by atoms with Gasteiger partial charge < -0.3 is 19.3 Å². The molecule has 0 amide bonds. The molecule has 20 heavy (non-hydrogen) atoms. The summed E-state index contributed by atoms with van der Waals surface area (Å²) in [6, 6.07) is 9.42. The van der Waals surface area contributed by atoms with Gasteiger partial charge in [-0.05, 0) is 12.5 Å². The quantitative estimate of drug-likeness (QED) is 0.813. The summed E-state index contributed by atoms with van der Waals surface area (Å²) in [5.41, 5.74) is 0.864. The fourth-order valence-electron chi connectivity index (χ4n) is 3.06. The summed E-state index contributed by atoms with van der Waals surface area (Å²) in [5.74, 6) is -0.789. The van der Waals surface area contributed by atoms with Gasteiger partial charge in [-0.25, -0.2) is 0 Å². The lowest BCUT2D eigenvalue weighted by atomic mass is 9.87. The first-order valence-electron chi connectivity index (χ1n) is 6.75. The number of esters is 1. The predicted molar refractivity (Wildman–Crippen MR) is 70.2 cm³/mol. The van der Waals surface area contributed by atoms with E-state index < -0.39 is 36.4 Å². The molecule has 0 radical (unpaired) electrons. The van der Waals surface area contributed by atoms with E-state index in [1.165, 1.54) is 7.11 Å². The van der Waals surface area contributed by atoms with Crippen LogP contribution in [0.2, 0.25) is 0 Å². The minimum atomic E-state index is -0.802. The summed E-state index contributed by atoms with van der Waals surface area (Å²) in [7, 11) is 1.51. The highest BCUT2D eigenvalue weighted by Gasteiger charge is 2.56. The van der Waals surface area contributed by atoms with Crippen molar-refractivity contribution in [3.63, 3.8) is 0 Å². The van der Waals surface area contributed by atoms with Gasteiger partial charge in [0.25, 0.3) is 0 Å². The lowest BCUT2D eigenvalue weighted by molar-refractivity contribution is -0.212. The van der Waals surface area contributed by atoms with Crippen molar-refractivity contribution in [1.82, 2.24) is 0 Å². The largest absolute Gasteiger partial charge is 0.456 e. The molecule has 2 saturated heterocycles. The van der Waals surface area contributed by atoms with Crippen LogP contribution < -0.4 is 0 Å². The summed E-state index contributed by atoms with van der Waals surface area (Å²) in [6.45, 7) is 1.78. The van der Waals surface area contributed by atoms with Gasteiger partial charge in [0.05, 0.1) is 6.10 Å². The number of methoxy groups -OCH3 is 1. The molecule has 0 spiro atoms. The summed E-state index contributed by atoms with van der Waals surface area (Å²) in [6.07, 6.45) is -2.75. The average Bonchev–Trinajstić information content (AvgIpc) is 2.77. The number of carbonyl (C=O) groups excluding carboxylic acids is 1. The fraction of sp³-hybridized carbons (Fsp3) is 0.533. The lowest BCUT2D eigenvalue weighted by Gasteiger charge is -2.39. The number of carbonyl (C=O) groups is 1. The first-order chi connectivity index (χ1) is 9.63. The normalized spacial score (nSPS) is 40.2. The van der Waals surface area contributed by atoms with Crippen LogP contribution in [0.25, 0.3) is 0 Å². The molecular formula is C15H18O5. The maximum Gasteiger partial charge on any atom is 0.316 e. The van der Waals surface area contributed by atoms with Gasteiger partial charge in [-0.2, -0.15) is 0 Å². The molecule has 0 unspecified atom stereocenters. The van der Waals surface area contributed by atoms with Gasteiger partial charge in [0.1, 0.15) is 24.2 Å². The van der Waals surface area contributed by atoms with Gasteiger partial charge >= 0.3 is 5.97 Å². The number of aliphatic hydroxyl groups is 1. The Morgan fingerprint density at radius 2 is 1.90 bits per heavy atom. The van der Waals surface area contributed by atoms with Crippen molar-refractivity contribution in [2.24, 2.45) is 0 Å². The van der Waals surface area contributed by atoms with E-state index in [9.17, 15) is 9.90 Å². The Kier molecular flexibility index (Phi) is 3.50. The Morgan fingerprint density at radius 3 is 2.55 bits per heavy atom. The highest BCUT2D eigenvalue weighted by Crippen LogP contribution is 2.40. The minimum Gasteiger partial charge on any atom is -0.456 e. The maximum absolute atomic E-state index is 12.2.